The van der Waals surface area contributed by atoms with E-state index in [4.69, 9.17) is 0 Å². The monoisotopic (exact) mass is 530 g/mol. The molecule has 0 heterocycles. The molecule has 4 heteroatoms. The summed E-state index contributed by atoms with van der Waals surface area (Å²) in [5, 5.41) is 0. The Morgan fingerprint density at radius 2 is 1.10 bits per heavy atom. The molecule has 2 rings (SSSR count). The molecule has 2 aromatic rings. The van der Waals surface area contributed by atoms with Crippen molar-refractivity contribution < 1.29 is 9.59 Å². The van der Waals surface area contributed by atoms with Crippen molar-refractivity contribution in [2.75, 3.05) is 0 Å². The quantitative estimate of drug-likeness (QED) is 0.230. The second-order valence-corrected chi connectivity index (χ2v) is 31.3. The van der Waals surface area contributed by atoms with Crippen LogP contribution in [0, 0.1) is 0 Å². The number of carbonyl (C=O) groups is 2. The van der Waals surface area contributed by atoms with Gasteiger partial charge in [0.05, 0.1) is 0 Å². The van der Waals surface area contributed by atoms with Crippen LogP contribution in [0.3, 0.4) is 0 Å². The second kappa shape index (κ2) is 10.9. The van der Waals surface area contributed by atoms with Crippen molar-refractivity contribution in [1.29, 1.82) is 0 Å². The van der Waals surface area contributed by atoms with E-state index in [2.05, 4.69) is 58.8 Å². The van der Waals surface area contributed by atoms with Gasteiger partial charge < -0.3 is 0 Å². The fraction of sp³-hybridized carbons (Fsp3) is 0.462. The number of rotatable bonds is 11. The molecule has 0 aliphatic carbocycles. The molecule has 30 heavy (non-hydrogen) atoms. The first kappa shape index (κ1) is 25.1. The Bertz CT molecular complexity index is 856. The van der Waals surface area contributed by atoms with Gasteiger partial charge in [0, 0.05) is 0 Å². The predicted octanol–water partition coefficient (Wildman–Crippen LogP) is 7.15. The van der Waals surface area contributed by atoms with E-state index >= 15 is 0 Å². The van der Waals surface area contributed by atoms with Crippen molar-refractivity contribution in [2.24, 2.45) is 0 Å². The van der Waals surface area contributed by atoms with Gasteiger partial charge in [0.15, 0.2) is 0 Å². The molecule has 0 unspecified atom stereocenters. The Balaban J connectivity index is 1.73. The van der Waals surface area contributed by atoms with Crippen LogP contribution in [0.1, 0.15) is 57.5 Å². The molecule has 0 fully saturated rings. The molecule has 0 spiro atoms. The van der Waals surface area contributed by atoms with Gasteiger partial charge in [0.1, 0.15) is 0 Å². The zero-order valence-electron chi connectivity index (χ0n) is 19.7. The maximum absolute atomic E-state index is 12.5. The van der Waals surface area contributed by atoms with Crippen molar-refractivity contribution in [3.05, 3.63) is 70.8 Å². The summed E-state index contributed by atoms with van der Waals surface area (Å²) in [6, 6.07) is 16.6. The topological polar surface area (TPSA) is 34.1 Å². The molecule has 2 aromatic carbocycles. The molecular formula is C26H38Ge2O2. The first-order valence-corrected chi connectivity index (χ1v) is 25.9. The van der Waals surface area contributed by atoms with E-state index in [1.807, 2.05) is 24.3 Å². The molecule has 0 amide bonds. The standard InChI is InChI=1S/C26H38Ge2O2/c1-27(2,3)25(29)23-18-16-21(17-19-23)12-9-7-8-10-13-22-14-11-15-24(20-22)26(30)28(4,5)6/h11,14-20H,7-10,12-13H2,1-6H3. The van der Waals surface area contributed by atoms with E-state index in [0.29, 0.717) is 9.23 Å². The summed E-state index contributed by atoms with van der Waals surface area (Å²) >= 11 is -4.55. The molecule has 0 atom stereocenters. The van der Waals surface area contributed by atoms with Gasteiger partial charge in [-0.2, -0.15) is 0 Å². The van der Waals surface area contributed by atoms with Crippen molar-refractivity contribution in [3.63, 3.8) is 0 Å². The molecule has 0 saturated carbocycles. The zero-order chi connectivity index (χ0) is 22.4. The maximum atomic E-state index is 12.5. The molecule has 162 valence electrons. The van der Waals surface area contributed by atoms with Crippen molar-refractivity contribution >= 4 is 35.8 Å². The first-order chi connectivity index (χ1) is 14.0. The Morgan fingerprint density at radius 1 is 0.600 bits per heavy atom. The van der Waals surface area contributed by atoms with Crippen LogP contribution in [0.5, 0.6) is 0 Å². The third-order valence-corrected chi connectivity index (χ3v) is 12.4. The SMILES string of the molecule is [CH3][Ge]([CH3])([CH3])[C](=O)c1ccc(CCCCCCc2cccc([C](=O)[Ge]([CH3])([CH3])[CH3])c2)cc1. The van der Waals surface area contributed by atoms with E-state index in [9.17, 15) is 9.59 Å². The molecule has 0 saturated heterocycles. The number of benzene rings is 2. The Kier molecular flexibility index (Phi) is 9.17. The van der Waals surface area contributed by atoms with E-state index in [-0.39, 0.29) is 0 Å². The van der Waals surface area contributed by atoms with Crippen LogP contribution < -0.4 is 0 Å². The van der Waals surface area contributed by atoms with Gasteiger partial charge in [0.25, 0.3) is 0 Å². The average molecular weight is 528 g/mol. The molecule has 0 aromatic heterocycles. The summed E-state index contributed by atoms with van der Waals surface area (Å²) in [6.07, 6.45) is 6.90. The molecule has 0 N–H and O–H groups in total. The van der Waals surface area contributed by atoms with E-state index < -0.39 is 26.5 Å². The predicted molar refractivity (Wildman–Crippen MR) is 134 cm³/mol. The van der Waals surface area contributed by atoms with Crippen LogP contribution in [0.25, 0.3) is 0 Å². The molecular weight excluding hydrogens is 490 g/mol. The second-order valence-electron chi connectivity index (χ2n) is 10.5. The Morgan fingerprint density at radius 3 is 1.63 bits per heavy atom. The normalized spacial score (nSPS) is 12.1. The molecule has 0 bridgehead atoms. The summed E-state index contributed by atoms with van der Waals surface area (Å²) < 4.78 is 0.785. The van der Waals surface area contributed by atoms with Gasteiger partial charge in [0.2, 0.25) is 0 Å². The van der Waals surface area contributed by atoms with E-state index in [1.54, 1.807) is 0 Å². The Hall–Kier alpha value is -1.13. The van der Waals surface area contributed by atoms with Crippen LogP contribution in [-0.2, 0) is 12.8 Å². The first-order valence-electron chi connectivity index (χ1n) is 11.3. The fourth-order valence-corrected chi connectivity index (χ4v) is 7.88. The number of hydrogen-bond donors (Lipinski definition) is 0. The molecule has 0 aliphatic rings. The van der Waals surface area contributed by atoms with E-state index in [1.165, 1.54) is 36.8 Å². The fourth-order valence-electron chi connectivity index (χ4n) is 3.57. The third-order valence-electron chi connectivity index (χ3n) is 5.45. The minimum absolute atomic E-state index is 0.387. The van der Waals surface area contributed by atoms with Gasteiger partial charge in [-0.1, -0.05) is 0 Å². The van der Waals surface area contributed by atoms with Crippen LogP contribution >= 0.6 is 0 Å². The van der Waals surface area contributed by atoms with Crippen molar-refractivity contribution in [2.45, 2.75) is 73.1 Å². The van der Waals surface area contributed by atoms with E-state index in [0.717, 1.165) is 24.0 Å². The van der Waals surface area contributed by atoms with Gasteiger partial charge in [-0.15, -0.1) is 0 Å². The number of unbranched alkanes of at least 4 members (excludes halogenated alkanes) is 3. The molecule has 0 radical (unpaired) electrons. The van der Waals surface area contributed by atoms with Gasteiger partial charge in [-0.3, -0.25) is 0 Å². The average Bonchev–Trinajstić information content (AvgIpc) is 2.68. The zero-order valence-corrected chi connectivity index (χ0v) is 23.9. The summed E-state index contributed by atoms with van der Waals surface area (Å²) in [6.45, 7) is 0. The summed E-state index contributed by atoms with van der Waals surface area (Å²) in [7, 11) is 0. The van der Waals surface area contributed by atoms with Gasteiger partial charge in [-0.05, 0) is 0 Å². The van der Waals surface area contributed by atoms with Crippen LogP contribution in [-0.4, -0.2) is 35.8 Å². The van der Waals surface area contributed by atoms with Gasteiger partial charge in [-0.25, -0.2) is 0 Å². The number of aryl methyl sites for hydroxylation is 2. The molecule has 0 aliphatic heterocycles. The molecule has 2 nitrogen and oxygen atoms in total. The summed E-state index contributed by atoms with van der Waals surface area (Å²) in [5.41, 5.74) is 4.42. The number of carbonyl (C=O) groups excluding carboxylic acids is 2. The van der Waals surface area contributed by atoms with Gasteiger partial charge >= 0.3 is 189 Å². The number of hydrogen-bond acceptors (Lipinski definition) is 2. The summed E-state index contributed by atoms with van der Waals surface area (Å²) in [5.74, 6) is 12.9. The van der Waals surface area contributed by atoms with Crippen LogP contribution in [0.2, 0.25) is 34.5 Å². The van der Waals surface area contributed by atoms with Crippen molar-refractivity contribution in [3.8, 4) is 0 Å². The minimum atomic E-state index is -2.29. The Labute approximate surface area is 188 Å². The third kappa shape index (κ3) is 7.85. The van der Waals surface area contributed by atoms with Crippen LogP contribution in [0.15, 0.2) is 48.5 Å². The van der Waals surface area contributed by atoms with Crippen molar-refractivity contribution in [1.82, 2.24) is 0 Å². The van der Waals surface area contributed by atoms with Crippen LogP contribution in [0.4, 0.5) is 0 Å². The summed E-state index contributed by atoms with van der Waals surface area (Å²) in [4.78, 5) is 24.9.